The predicted molar refractivity (Wildman–Crippen MR) is 87.4 cm³/mol. The number of benzene rings is 1. The van der Waals surface area contributed by atoms with Crippen molar-refractivity contribution in [2.45, 2.75) is 13.0 Å². The highest BCUT2D eigenvalue weighted by Gasteiger charge is 2.19. The van der Waals surface area contributed by atoms with E-state index in [2.05, 4.69) is 5.32 Å². The number of anilines is 1. The van der Waals surface area contributed by atoms with Gasteiger partial charge in [0.15, 0.2) is 17.6 Å². The Hall–Kier alpha value is -2.54. The molecule has 1 atom stereocenters. The highest BCUT2D eigenvalue weighted by Crippen LogP contribution is 2.29. The second-order valence-corrected chi connectivity index (χ2v) is 5.40. The minimum Gasteiger partial charge on any atom is -0.493 e. The summed E-state index contributed by atoms with van der Waals surface area (Å²) in [7, 11) is 3.04. The zero-order valence-electron chi connectivity index (χ0n) is 13.0. The van der Waals surface area contributed by atoms with Crippen LogP contribution in [0.2, 0.25) is 0 Å². The van der Waals surface area contributed by atoms with Crippen LogP contribution in [0.3, 0.4) is 0 Å². The maximum absolute atomic E-state index is 12.1. The summed E-state index contributed by atoms with van der Waals surface area (Å²) < 4.78 is 15.4. The Bertz CT molecular complexity index is 684. The molecular weight excluding hydrogens is 318 g/mol. The van der Waals surface area contributed by atoms with Crippen molar-refractivity contribution in [3.8, 4) is 11.5 Å². The topological polar surface area (TPSA) is 73.9 Å². The van der Waals surface area contributed by atoms with Crippen molar-refractivity contribution in [3.05, 3.63) is 40.6 Å². The molecule has 7 heteroatoms. The largest absolute Gasteiger partial charge is 0.493 e. The molecule has 6 nitrogen and oxygen atoms in total. The second kappa shape index (κ2) is 7.64. The number of nitrogens with one attached hydrogen (secondary N) is 1. The summed E-state index contributed by atoms with van der Waals surface area (Å²) >= 11 is 1.39. The quantitative estimate of drug-likeness (QED) is 0.822. The number of methoxy groups -OCH3 is 2. The van der Waals surface area contributed by atoms with Gasteiger partial charge in [-0.3, -0.25) is 4.79 Å². The summed E-state index contributed by atoms with van der Waals surface area (Å²) in [6.07, 6.45) is -0.921. The first-order valence-corrected chi connectivity index (χ1v) is 7.75. The number of carbonyl (C=O) groups excluding carboxylic acids is 2. The summed E-state index contributed by atoms with van der Waals surface area (Å²) in [5, 5.41) is 6.11. The lowest BCUT2D eigenvalue weighted by atomic mass is 10.2. The number of amides is 1. The Kier molecular flexibility index (Phi) is 5.59. The zero-order chi connectivity index (χ0) is 16.8. The Labute approximate surface area is 138 Å². The van der Waals surface area contributed by atoms with Gasteiger partial charge < -0.3 is 19.5 Å². The van der Waals surface area contributed by atoms with E-state index in [1.807, 2.05) is 0 Å². The molecule has 0 aliphatic carbocycles. The average Bonchev–Trinajstić information content (AvgIpc) is 3.09. The van der Waals surface area contributed by atoms with Crippen molar-refractivity contribution < 1.29 is 23.8 Å². The molecule has 1 aromatic heterocycles. The van der Waals surface area contributed by atoms with Crippen LogP contribution in [-0.4, -0.2) is 32.2 Å². The fourth-order valence-electron chi connectivity index (χ4n) is 1.82. The molecule has 1 amide bonds. The van der Waals surface area contributed by atoms with Crippen LogP contribution in [-0.2, 0) is 9.53 Å². The van der Waals surface area contributed by atoms with Gasteiger partial charge in [-0.15, -0.1) is 0 Å². The maximum atomic E-state index is 12.1. The van der Waals surface area contributed by atoms with Gasteiger partial charge in [0.25, 0.3) is 5.91 Å². The number of hydrogen-bond acceptors (Lipinski definition) is 6. The van der Waals surface area contributed by atoms with Crippen LogP contribution in [0.5, 0.6) is 11.5 Å². The van der Waals surface area contributed by atoms with Crippen molar-refractivity contribution >= 4 is 28.9 Å². The van der Waals surface area contributed by atoms with E-state index in [0.717, 1.165) is 0 Å². The molecule has 1 aromatic carbocycles. The van der Waals surface area contributed by atoms with Crippen LogP contribution in [0.15, 0.2) is 35.0 Å². The highest BCUT2D eigenvalue weighted by atomic mass is 32.1. The minimum atomic E-state index is -0.921. The van der Waals surface area contributed by atoms with Gasteiger partial charge in [-0.2, -0.15) is 11.3 Å². The Morgan fingerprint density at radius 2 is 1.87 bits per heavy atom. The molecule has 0 aliphatic heterocycles. The van der Waals surface area contributed by atoms with Crippen molar-refractivity contribution in [2.24, 2.45) is 0 Å². The number of thiophene rings is 1. The van der Waals surface area contributed by atoms with E-state index >= 15 is 0 Å². The number of hydrogen-bond donors (Lipinski definition) is 1. The number of rotatable bonds is 6. The molecule has 0 saturated heterocycles. The van der Waals surface area contributed by atoms with Crippen LogP contribution in [0, 0.1) is 0 Å². The van der Waals surface area contributed by atoms with E-state index in [1.54, 1.807) is 35.0 Å². The lowest BCUT2D eigenvalue weighted by Gasteiger charge is -2.14. The number of ether oxygens (including phenoxy) is 3. The monoisotopic (exact) mass is 335 g/mol. The summed E-state index contributed by atoms with van der Waals surface area (Å²) in [6.45, 7) is 1.51. The van der Waals surface area contributed by atoms with Gasteiger partial charge in [-0.1, -0.05) is 0 Å². The second-order valence-electron chi connectivity index (χ2n) is 4.62. The Morgan fingerprint density at radius 1 is 1.13 bits per heavy atom. The molecule has 0 saturated carbocycles. The number of carbonyl (C=O) groups is 2. The van der Waals surface area contributed by atoms with E-state index in [-0.39, 0.29) is 0 Å². The lowest BCUT2D eigenvalue weighted by Crippen LogP contribution is -2.29. The van der Waals surface area contributed by atoms with Gasteiger partial charge in [0, 0.05) is 17.1 Å². The predicted octanol–water partition coefficient (Wildman–Crippen LogP) is 2.95. The smallest absolute Gasteiger partial charge is 0.339 e. The van der Waals surface area contributed by atoms with Crippen molar-refractivity contribution in [2.75, 3.05) is 19.5 Å². The SMILES string of the molecule is COc1ccc(NC(=O)[C@@H](C)OC(=O)c2ccsc2)cc1OC. The maximum Gasteiger partial charge on any atom is 0.339 e. The standard InChI is InChI=1S/C16H17NO5S/c1-10(22-16(19)11-6-7-23-9-11)15(18)17-12-4-5-13(20-2)14(8-12)21-3/h4-10H,1-3H3,(H,17,18)/t10-/m1/s1. The van der Waals surface area contributed by atoms with E-state index in [9.17, 15) is 9.59 Å². The normalized spacial score (nSPS) is 11.4. The third-order valence-electron chi connectivity index (χ3n) is 3.06. The molecule has 2 aromatic rings. The van der Waals surface area contributed by atoms with Crippen LogP contribution >= 0.6 is 11.3 Å². The zero-order valence-corrected chi connectivity index (χ0v) is 13.8. The van der Waals surface area contributed by atoms with Crippen LogP contribution < -0.4 is 14.8 Å². The molecule has 23 heavy (non-hydrogen) atoms. The summed E-state index contributed by atoms with van der Waals surface area (Å²) in [5.74, 6) is 0.0951. The minimum absolute atomic E-state index is 0.430. The van der Waals surface area contributed by atoms with E-state index < -0.39 is 18.0 Å². The van der Waals surface area contributed by atoms with Crippen molar-refractivity contribution in [3.63, 3.8) is 0 Å². The fraction of sp³-hybridized carbons (Fsp3) is 0.250. The molecule has 0 bridgehead atoms. The highest BCUT2D eigenvalue weighted by molar-refractivity contribution is 7.08. The van der Waals surface area contributed by atoms with Crippen LogP contribution in [0.1, 0.15) is 17.3 Å². The molecule has 0 fully saturated rings. The van der Waals surface area contributed by atoms with Gasteiger partial charge in [0.1, 0.15) is 0 Å². The van der Waals surface area contributed by atoms with Gasteiger partial charge in [0.05, 0.1) is 19.8 Å². The molecular formula is C16H17NO5S. The number of esters is 1. The first-order valence-electron chi connectivity index (χ1n) is 6.81. The molecule has 0 unspecified atom stereocenters. The first-order chi connectivity index (χ1) is 11.0. The molecule has 0 aliphatic rings. The molecule has 0 radical (unpaired) electrons. The Morgan fingerprint density at radius 3 is 2.48 bits per heavy atom. The van der Waals surface area contributed by atoms with Gasteiger partial charge in [-0.25, -0.2) is 4.79 Å². The molecule has 1 N–H and O–H groups in total. The molecule has 0 spiro atoms. The molecule has 2 rings (SSSR count). The summed E-state index contributed by atoms with van der Waals surface area (Å²) in [4.78, 5) is 23.9. The van der Waals surface area contributed by atoms with Gasteiger partial charge >= 0.3 is 5.97 Å². The fourth-order valence-corrected chi connectivity index (χ4v) is 2.45. The first kappa shape index (κ1) is 16.8. The Balaban J connectivity index is 1.99. The van der Waals surface area contributed by atoms with Crippen LogP contribution in [0.25, 0.3) is 0 Å². The summed E-state index contributed by atoms with van der Waals surface area (Å²) in [5.41, 5.74) is 0.951. The molecule has 122 valence electrons. The van der Waals surface area contributed by atoms with Crippen molar-refractivity contribution in [1.82, 2.24) is 0 Å². The summed E-state index contributed by atoms with van der Waals surface area (Å²) in [6, 6.07) is 6.62. The third-order valence-corrected chi connectivity index (χ3v) is 3.74. The van der Waals surface area contributed by atoms with Crippen LogP contribution in [0.4, 0.5) is 5.69 Å². The van der Waals surface area contributed by atoms with E-state index in [0.29, 0.717) is 22.7 Å². The van der Waals surface area contributed by atoms with Gasteiger partial charge in [0.2, 0.25) is 0 Å². The van der Waals surface area contributed by atoms with E-state index in [4.69, 9.17) is 14.2 Å². The van der Waals surface area contributed by atoms with Gasteiger partial charge in [-0.05, 0) is 30.5 Å². The van der Waals surface area contributed by atoms with Crippen molar-refractivity contribution in [1.29, 1.82) is 0 Å². The van der Waals surface area contributed by atoms with E-state index in [1.165, 1.54) is 32.5 Å². The average molecular weight is 335 g/mol. The third kappa shape index (κ3) is 4.23. The molecule has 1 heterocycles. The lowest BCUT2D eigenvalue weighted by molar-refractivity contribution is -0.123.